The lowest BCUT2D eigenvalue weighted by atomic mass is 9.88. The predicted molar refractivity (Wildman–Crippen MR) is 142 cm³/mol. The number of aromatic nitrogens is 6. The van der Waals surface area contributed by atoms with E-state index in [1.165, 1.54) is 12.1 Å². The van der Waals surface area contributed by atoms with E-state index in [1.807, 2.05) is 29.8 Å². The van der Waals surface area contributed by atoms with E-state index < -0.39 is 27.8 Å². The van der Waals surface area contributed by atoms with Gasteiger partial charge in [0, 0.05) is 18.7 Å². The number of nitrogens with zero attached hydrogens (tertiary/aromatic N) is 6. The highest BCUT2D eigenvalue weighted by atomic mass is 32.2. The first-order chi connectivity index (χ1) is 18.8. The normalized spacial score (nSPS) is 15.4. The van der Waals surface area contributed by atoms with Crippen LogP contribution in [0.25, 0.3) is 17.8 Å². The summed E-state index contributed by atoms with van der Waals surface area (Å²) in [6.45, 7) is 2.52. The number of fused-ring (bicyclic) bond motifs is 1. The van der Waals surface area contributed by atoms with Crippen molar-refractivity contribution >= 4 is 22.3 Å². The Hall–Kier alpha value is -4.04. The summed E-state index contributed by atoms with van der Waals surface area (Å²) < 4.78 is 75.7. The molecule has 1 aliphatic heterocycles. The van der Waals surface area contributed by atoms with Crippen molar-refractivity contribution in [2.45, 2.75) is 38.4 Å². The summed E-state index contributed by atoms with van der Waals surface area (Å²) in [5.41, 5.74) is 1.88. The second-order valence-corrected chi connectivity index (χ2v) is 10.6. The number of benzene rings is 1. The van der Waals surface area contributed by atoms with Gasteiger partial charge in [-0.05, 0) is 55.7 Å². The number of hydrogen-bond acceptors (Lipinski definition) is 7. The number of hydrogen-bond donors (Lipinski definition) is 1. The molecule has 0 amide bonds. The van der Waals surface area contributed by atoms with E-state index in [9.17, 15) is 21.6 Å². The zero-order chi connectivity index (χ0) is 29.1. The van der Waals surface area contributed by atoms with Crippen LogP contribution in [0.1, 0.15) is 52.9 Å². The van der Waals surface area contributed by atoms with Gasteiger partial charge in [-0.1, -0.05) is 18.2 Å². The van der Waals surface area contributed by atoms with E-state index in [0.717, 1.165) is 23.9 Å². The molecule has 1 aromatic carbocycles. The maximum Gasteiger partial charge on any atom is 0.416 e. The van der Waals surface area contributed by atoms with Gasteiger partial charge >= 0.3 is 6.18 Å². The summed E-state index contributed by atoms with van der Waals surface area (Å²) >= 11 is 0. The van der Waals surface area contributed by atoms with Crippen molar-refractivity contribution in [1.82, 2.24) is 29.3 Å². The standard InChI is InChI=1S/C25H23F3N6O.CH4O3S/c1-16-14-33(15-29-16)21-11-9-17(30-24(21)35-2)10-12-22-31-23-19(7-5-13-34(23)32-22)18-6-3-4-8-20(18)25(26,27)28;1-5(2,3)4/h3-4,6,8-12,14-15,19H,5,7,13H2,1-2H3;1H3,(H,2,3,4)/t19-;/m0./s1. The molecule has 5 rings (SSSR count). The number of halogens is 3. The lowest BCUT2D eigenvalue weighted by Crippen LogP contribution is -2.21. The van der Waals surface area contributed by atoms with Crippen LogP contribution < -0.4 is 4.74 Å². The van der Waals surface area contributed by atoms with Crippen molar-refractivity contribution < 1.29 is 30.9 Å². The first-order valence-electron chi connectivity index (χ1n) is 12.1. The molecule has 0 aliphatic carbocycles. The Balaban J connectivity index is 0.000000681. The maximum atomic E-state index is 13.6. The number of aryl methyl sites for hydroxylation is 2. The highest BCUT2D eigenvalue weighted by molar-refractivity contribution is 7.85. The third kappa shape index (κ3) is 7.12. The van der Waals surface area contributed by atoms with Gasteiger partial charge in [-0.25, -0.2) is 19.6 Å². The Morgan fingerprint density at radius 1 is 1.12 bits per heavy atom. The first kappa shape index (κ1) is 29.0. The number of pyridine rings is 1. The molecule has 0 fully saturated rings. The highest BCUT2D eigenvalue weighted by Gasteiger charge is 2.37. The molecule has 0 unspecified atom stereocenters. The van der Waals surface area contributed by atoms with Crippen LogP contribution >= 0.6 is 0 Å². The van der Waals surface area contributed by atoms with Crippen LogP contribution in [-0.2, 0) is 22.8 Å². The van der Waals surface area contributed by atoms with Crippen molar-refractivity contribution in [1.29, 1.82) is 0 Å². The molecule has 0 saturated carbocycles. The number of ether oxygens (including phenoxy) is 1. The molecule has 4 heterocycles. The van der Waals surface area contributed by atoms with Crippen LogP contribution in [0.4, 0.5) is 13.2 Å². The number of methoxy groups -OCH3 is 1. The molecule has 1 aliphatic rings. The molecule has 1 atom stereocenters. The fourth-order valence-electron chi connectivity index (χ4n) is 4.39. The molecule has 0 bridgehead atoms. The van der Waals surface area contributed by atoms with E-state index in [4.69, 9.17) is 9.29 Å². The Morgan fingerprint density at radius 2 is 1.85 bits per heavy atom. The van der Waals surface area contributed by atoms with Crippen molar-refractivity contribution in [2.75, 3.05) is 13.4 Å². The van der Waals surface area contributed by atoms with Gasteiger partial charge in [-0.15, -0.1) is 0 Å². The van der Waals surface area contributed by atoms with E-state index in [2.05, 4.69) is 20.1 Å². The second-order valence-electron chi connectivity index (χ2n) is 9.08. The van der Waals surface area contributed by atoms with E-state index in [0.29, 0.717) is 42.4 Å². The molecule has 0 radical (unpaired) electrons. The van der Waals surface area contributed by atoms with Gasteiger partial charge in [0.1, 0.15) is 11.5 Å². The lowest BCUT2D eigenvalue weighted by molar-refractivity contribution is -0.138. The Labute approximate surface area is 228 Å². The Morgan fingerprint density at radius 3 is 2.50 bits per heavy atom. The molecule has 3 aromatic heterocycles. The van der Waals surface area contributed by atoms with Gasteiger partial charge in [-0.2, -0.15) is 26.7 Å². The van der Waals surface area contributed by atoms with Gasteiger partial charge in [0.15, 0.2) is 5.82 Å². The van der Waals surface area contributed by atoms with Crippen molar-refractivity contribution in [3.63, 3.8) is 0 Å². The Kier molecular flexibility index (Phi) is 8.40. The predicted octanol–water partition coefficient (Wildman–Crippen LogP) is 4.79. The zero-order valence-electron chi connectivity index (χ0n) is 21.9. The highest BCUT2D eigenvalue weighted by Crippen LogP contribution is 2.40. The van der Waals surface area contributed by atoms with Crippen molar-refractivity contribution in [2.24, 2.45) is 0 Å². The summed E-state index contributed by atoms with van der Waals surface area (Å²) in [6.07, 6.45) is 4.64. The van der Waals surface area contributed by atoms with Crippen LogP contribution in [0, 0.1) is 6.92 Å². The van der Waals surface area contributed by atoms with Crippen LogP contribution in [-0.4, -0.2) is 55.6 Å². The molecule has 14 heteroatoms. The second kappa shape index (κ2) is 11.6. The van der Waals surface area contributed by atoms with Gasteiger partial charge in [0.05, 0.1) is 36.6 Å². The third-order valence-corrected chi connectivity index (χ3v) is 5.98. The van der Waals surface area contributed by atoms with Crippen LogP contribution in [0.2, 0.25) is 0 Å². The first-order valence-corrected chi connectivity index (χ1v) is 14.0. The topological polar surface area (TPSA) is 125 Å². The van der Waals surface area contributed by atoms with Gasteiger partial charge in [0.25, 0.3) is 10.1 Å². The minimum absolute atomic E-state index is 0.237. The smallest absolute Gasteiger partial charge is 0.416 e. The van der Waals surface area contributed by atoms with Crippen molar-refractivity contribution in [3.8, 4) is 11.6 Å². The average molecular weight is 577 g/mol. The van der Waals surface area contributed by atoms with Crippen LogP contribution in [0.5, 0.6) is 5.88 Å². The molecule has 1 N–H and O–H groups in total. The van der Waals surface area contributed by atoms with Crippen molar-refractivity contribution in [3.05, 3.63) is 83.1 Å². The number of alkyl halides is 3. The minimum atomic E-state index is -4.42. The quantitative estimate of drug-likeness (QED) is 0.336. The largest absolute Gasteiger partial charge is 0.479 e. The number of rotatable bonds is 5. The van der Waals surface area contributed by atoms with Gasteiger partial charge in [0.2, 0.25) is 5.88 Å². The summed E-state index contributed by atoms with van der Waals surface area (Å²) in [5.74, 6) is 0.938. The average Bonchev–Trinajstić information content (AvgIpc) is 3.51. The molecule has 4 aromatic rings. The SMILES string of the molecule is COc1nc(C=Cc2nc3n(n2)CCC[C@H]3c2ccccc2C(F)(F)F)ccc1-n1cnc(C)c1.CS(=O)(=O)O. The number of imidazole rings is 1. The van der Waals surface area contributed by atoms with E-state index in [1.54, 1.807) is 36.3 Å². The lowest BCUT2D eigenvalue weighted by Gasteiger charge is -2.25. The summed E-state index contributed by atoms with van der Waals surface area (Å²) in [7, 11) is -2.12. The molecule has 10 nitrogen and oxygen atoms in total. The van der Waals surface area contributed by atoms with E-state index >= 15 is 0 Å². The summed E-state index contributed by atoms with van der Waals surface area (Å²) in [5, 5.41) is 4.51. The molecule has 0 saturated heterocycles. The molecule has 212 valence electrons. The fraction of sp³-hybridized carbons (Fsp3) is 0.308. The van der Waals surface area contributed by atoms with Crippen LogP contribution in [0.15, 0.2) is 48.9 Å². The molecular formula is C26H27F3N6O4S. The molecule has 0 spiro atoms. The summed E-state index contributed by atoms with van der Waals surface area (Å²) in [4.78, 5) is 13.3. The van der Waals surface area contributed by atoms with Gasteiger partial charge < -0.3 is 9.30 Å². The third-order valence-electron chi connectivity index (χ3n) is 5.98. The molecule has 40 heavy (non-hydrogen) atoms. The molecular weight excluding hydrogens is 549 g/mol. The Bertz CT molecular complexity index is 1620. The van der Waals surface area contributed by atoms with E-state index in [-0.39, 0.29) is 5.56 Å². The maximum absolute atomic E-state index is 13.6. The van der Waals surface area contributed by atoms with Crippen LogP contribution in [0.3, 0.4) is 0 Å². The summed E-state index contributed by atoms with van der Waals surface area (Å²) in [6, 6.07) is 9.42. The van der Waals surface area contributed by atoms with Gasteiger partial charge in [-0.3, -0.25) is 4.55 Å². The monoisotopic (exact) mass is 576 g/mol. The minimum Gasteiger partial charge on any atom is -0.479 e. The zero-order valence-corrected chi connectivity index (χ0v) is 22.7. The fourth-order valence-corrected chi connectivity index (χ4v) is 4.39.